The van der Waals surface area contributed by atoms with Crippen LogP contribution in [0.25, 0.3) is 21.5 Å². The number of hydrogen-bond acceptors (Lipinski definition) is 1. The minimum atomic E-state index is -0.875. The third kappa shape index (κ3) is 2.31. The fraction of sp³-hybridized carbons (Fsp3) is 0. The molecule has 0 radical (unpaired) electrons. The summed E-state index contributed by atoms with van der Waals surface area (Å²) in [5.41, 5.74) is 0.388. The fourth-order valence-electron chi connectivity index (χ4n) is 2.23. The summed E-state index contributed by atoms with van der Waals surface area (Å²) >= 11 is 4.33. The highest BCUT2D eigenvalue weighted by atomic mass is 127. The van der Waals surface area contributed by atoms with Gasteiger partial charge in [-0.3, -0.25) is 0 Å². The van der Waals surface area contributed by atoms with Crippen LogP contribution < -0.4 is 0 Å². The number of hydrogen-bond donors (Lipinski definition) is 1. The van der Waals surface area contributed by atoms with Gasteiger partial charge in [-0.05, 0) is 97.1 Å². The van der Waals surface area contributed by atoms with E-state index in [0.29, 0.717) is 5.56 Å². The van der Waals surface area contributed by atoms with Gasteiger partial charge in [0.05, 0.1) is 5.56 Å². The number of halogens is 2. The standard InChI is InChI=1S/C15H8I2O2/c16-11-3-1-8-5-9-2-4-13(17)14(15(18)19)12(9)7-10(8)6-11/h1-7H,(H,18,19). The van der Waals surface area contributed by atoms with Crippen molar-refractivity contribution in [3.8, 4) is 0 Å². The maximum atomic E-state index is 11.4. The maximum Gasteiger partial charge on any atom is 0.337 e. The number of rotatable bonds is 1. The molecule has 0 unspecified atom stereocenters. The van der Waals surface area contributed by atoms with Crippen molar-refractivity contribution in [1.82, 2.24) is 0 Å². The van der Waals surface area contributed by atoms with Gasteiger partial charge in [-0.1, -0.05) is 12.1 Å². The minimum absolute atomic E-state index is 0.388. The molecule has 19 heavy (non-hydrogen) atoms. The normalized spacial score (nSPS) is 11.1. The van der Waals surface area contributed by atoms with Gasteiger partial charge in [-0.2, -0.15) is 0 Å². The molecule has 3 rings (SSSR count). The smallest absolute Gasteiger partial charge is 0.337 e. The molecule has 0 spiro atoms. The second kappa shape index (κ2) is 4.90. The quantitative estimate of drug-likeness (QED) is 0.403. The lowest BCUT2D eigenvalue weighted by atomic mass is 10.00. The van der Waals surface area contributed by atoms with Crippen LogP contribution >= 0.6 is 45.2 Å². The van der Waals surface area contributed by atoms with Crippen molar-refractivity contribution < 1.29 is 9.90 Å². The summed E-state index contributed by atoms with van der Waals surface area (Å²) in [7, 11) is 0. The predicted octanol–water partition coefficient (Wildman–Crippen LogP) is 4.90. The Morgan fingerprint density at radius 1 is 0.895 bits per heavy atom. The molecule has 0 aliphatic carbocycles. The van der Waals surface area contributed by atoms with Crippen LogP contribution in [0.2, 0.25) is 0 Å². The Morgan fingerprint density at radius 3 is 2.37 bits per heavy atom. The monoisotopic (exact) mass is 474 g/mol. The molecule has 3 aromatic carbocycles. The predicted molar refractivity (Wildman–Crippen MR) is 93.8 cm³/mol. The van der Waals surface area contributed by atoms with Crippen molar-refractivity contribution in [3.63, 3.8) is 0 Å². The first-order valence-electron chi connectivity index (χ1n) is 5.61. The molecule has 0 aromatic heterocycles. The Hall–Kier alpha value is -0.890. The summed E-state index contributed by atoms with van der Waals surface area (Å²) in [6.45, 7) is 0. The minimum Gasteiger partial charge on any atom is -0.478 e. The Balaban J connectivity index is 2.48. The number of carbonyl (C=O) groups is 1. The van der Waals surface area contributed by atoms with Crippen molar-refractivity contribution in [1.29, 1.82) is 0 Å². The highest BCUT2D eigenvalue weighted by molar-refractivity contribution is 14.1. The average molecular weight is 474 g/mol. The molecule has 2 nitrogen and oxygen atoms in total. The first-order chi connectivity index (χ1) is 9.06. The summed E-state index contributed by atoms with van der Waals surface area (Å²) in [4.78, 5) is 11.4. The first kappa shape index (κ1) is 13.1. The van der Waals surface area contributed by atoms with Crippen molar-refractivity contribution in [2.24, 2.45) is 0 Å². The lowest BCUT2D eigenvalue weighted by Gasteiger charge is -2.07. The van der Waals surface area contributed by atoms with Crippen molar-refractivity contribution >= 4 is 72.7 Å². The lowest BCUT2D eigenvalue weighted by molar-refractivity contribution is 0.0698. The molecule has 0 heterocycles. The van der Waals surface area contributed by atoms with Gasteiger partial charge in [-0.15, -0.1) is 0 Å². The summed E-state index contributed by atoms with van der Waals surface area (Å²) in [6, 6.07) is 14.0. The summed E-state index contributed by atoms with van der Waals surface area (Å²) in [5.74, 6) is -0.875. The largest absolute Gasteiger partial charge is 0.478 e. The molecular weight excluding hydrogens is 466 g/mol. The van der Waals surface area contributed by atoms with Crippen molar-refractivity contribution in [2.45, 2.75) is 0 Å². The van der Waals surface area contributed by atoms with Gasteiger partial charge in [0.25, 0.3) is 0 Å². The lowest BCUT2D eigenvalue weighted by Crippen LogP contribution is -2.00. The van der Waals surface area contributed by atoms with Crippen LogP contribution in [0.5, 0.6) is 0 Å². The molecule has 0 aliphatic heterocycles. The molecule has 4 heteroatoms. The van der Waals surface area contributed by atoms with E-state index in [2.05, 4.69) is 63.4 Å². The SMILES string of the molecule is O=C(O)c1c(I)ccc2cc3ccc(I)cc3cc12. The van der Waals surface area contributed by atoms with E-state index in [1.165, 1.54) is 0 Å². The van der Waals surface area contributed by atoms with E-state index in [4.69, 9.17) is 0 Å². The van der Waals surface area contributed by atoms with E-state index >= 15 is 0 Å². The average Bonchev–Trinajstić information content (AvgIpc) is 2.35. The molecule has 1 N–H and O–H groups in total. The van der Waals surface area contributed by atoms with Gasteiger partial charge >= 0.3 is 5.97 Å². The van der Waals surface area contributed by atoms with Gasteiger partial charge in [0.2, 0.25) is 0 Å². The Morgan fingerprint density at radius 2 is 1.63 bits per heavy atom. The maximum absolute atomic E-state index is 11.4. The molecule has 0 amide bonds. The Bertz CT molecular complexity index is 825. The zero-order valence-corrected chi connectivity index (χ0v) is 14.0. The second-order valence-electron chi connectivity index (χ2n) is 4.29. The third-order valence-electron chi connectivity index (χ3n) is 3.10. The van der Waals surface area contributed by atoms with E-state index in [9.17, 15) is 9.90 Å². The molecule has 0 atom stereocenters. The van der Waals surface area contributed by atoms with Crippen LogP contribution in [0.15, 0.2) is 42.5 Å². The van der Waals surface area contributed by atoms with Crippen molar-refractivity contribution in [3.05, 3.63) is 55.2 Å². The van der Waals surface area contributed by atoms with Crippen LogP contribution in [0.1, 0.15) is 10.4 Å². The molecule has 3 aromatic rings. The van der Waals surface area contributed by atoms with Crippen LogP contribution in [0.4, 0.5) is 0 Å². The second-order valence-corrected chi connectivity index (χ2v) is 6.70. The van der Waals surface area contributed by atoms with Gasteiger partial charge < -0.3 is 5.11 Å². The molecule has 94 valence electrons. The van der Waals surface area contributed by atoms with Crippen LogP contribution in [0.3, 0.4) is 0 Å². The zero-order chi connectivity index (χ0) is 13.6. The number of benzene rings is 3. The van der Waals surface area contributed by atoms with Gasteiger partial charge in [-0.25, -0.2) is 4.79 Å². The number of fused-ring (bicyclic) bond motifs is 2. The number of carboxylic acid groups (broad SMARTS) is 1. The molecule has 0 fully saturated rings. The molecule has 0 bridgehead atoms. The summed E-state index contributed by atoms with van der Waals surface area (Å²) in [6.07, 6.45) is 0. The van der Waals surface area contributed by atoms with Crippen LogP contribution in [-0.4, -0.2) is 11.1 Å². The van der Waals surface area contributed by atoms with Crippen LogP contribution in [0, 0.1) is 7.14 Å². The Labute approximate surface area is 137 Å². The molecule has 0 saturated heterocycles. The highest BCUT2D eigenvalue weighted by Gasteiger charge is 2.13. The topological polar surface area (TPSA) is 37.3 Å². The van der Waals surface area contributed by atoms with Gasteiger partial charge in [0, 0.05) is 7.14 Å². The molecule has 0 saturated carbocycles. The fourth-order valence-corrected chi connectivity index (χ4v) is 3.45. The van der Waals surface area contributed by atoms with E-state index in [-0.39, 0.29) is 0 Å². The van der Waals surface area contributed by atoms with Gasteiger partial charge in [0.1, 0.15) is 0 Å². The number of aromatic carboxylic acids is 1. The van der Waals surface area contributed by atoms with E-state index in [1.807, 2.05) is 24.3 Å². The van der Waals surface area contributed by atoms with Crippen LogP contribution in [-0.2, 0) is 0 Å². The highest BCUT2D eigenvalue weighted by Crippen LogP contribution is 2.29. The van der Waals surface area contributed by atoms with E-state index < -0.39 is 5.97 Å². The first-order valence-corrected chi connectivity index (χ1v) is 7.77. The summed E-state index contributed by atoms with van der Waals surface area (Å²) in [5, 5.41) is 13.4. The third-order valence-corrected chi connectivity index (χ3v) is 4.67. The summed E-state index contributed by atoms with van der Waals surface area (Å²) < 4.78 is 1.91. The van der Waals surface area contributed by atoms with E-state index in [0.717, 1.165) is 28.7 Å². The molecule has 0 aliphatic rings. The molecular formula is C15H8I2O2. The van der Waals surface area contributed by atoms with E-state index in [1.54, 1.807) is 0 Å². The Kier molecular flexibility index (Phi) is 3.38. The van der Waals surface area contributed by atoms with Crippen molar-refractivity contribution in [2.75, 3.05) is 0 Å². The number of carboxylic acids is 1. The zero-order valence-electron chi connectivity index (χ0n) is 9.65. The van der Waals surface area contributed by atoms with Gasteiger partial charge in [0.15, 0.2) is 0 Å².